The van der Waals surface area contributed by atoms with E-state index < -0.39 is 84.2 Å². The summed E-state index contributed by atoms with van der Waals surface area (Å²) in [5.74, 6) is -3.35. The smallest absolute Gasteiger partial charge is 0.335 e. The largest absolute Gasteiger partial charge is 0.479 e. The predicted octanol–water partition coefficient (Wildman–Crippen LogP) is 3.80. The van der Waals surface area contributed by atoms with Crippen LogP contribution in [-0.4, -0.2) is 138 Å². The van der Waals surface area contributed by atoms with Gasteiger partial charge in [0.1, 0.15) is 24.4 Å². The molecular formula is C44H72O14. The van der Waals surface area contributed by atoms with Gasteiger partial charge in [-0.15, -0.1) is 0 Å². The summed E-state index contributed by atoms with van der Waals surface area (Å²) < 4.78 is 31.5. The lowest BCUT2D eigenvalue weighted by molar-refractivity contribution is -0.320. The van der Waals surface area contributed by atoms with Crippen molar-refractivity contribution in [3.05, 3.63) is 36.0 Å². The third-order valence-electron chi connectivity index (χ3n) is 13.3. The summed E-state index contributed by atoms with van der Waals surface area (Å²) in [7, 11) is 0. The Kier molecular flexibility index (Phi) is 16.2. The molecular weight excluding hydrogens is 752 g/mol. The van der Waals surface area contributed by atoms with Crippen molar-refractivity contribution in [3.8, 4) is 0 Å². The van der Waals surface area contributed by atoms with Gasteiger partial charge in [-0.3, -0.25) is 0 Å². The summed E-state index contributed by atoms with van der Waals surface area (Å²) in [6.45, 7) is 13.9. The number of aliphatic hydroxyl groups excluding tert-OH is 6. The Bertz CT molecular complexity index is 1430. The summed E-state index contributed by atoms with van der Waals surface area (Å²) >= 11 is 0. The minimum absolute atomic E-state index is 0.0345. The zero-order valence-electron chi connectivity index (χ0n) is 35.2. The highest BCUT2D eigenvalue weighted by Gasteiger charge is 2.50. The van der Waals surface area contributed by atoms with Crippen molar-refractivity contribution in [2.75, 3.05) is 6.61 Å². The summed E-state index contributed by atoms with van der Waals surface area (Å²) in [4.78, 5) is 11.5. The van der Waals surface area contributed by atoms with Crippen LogP contribution < -0.4 is 0 Å². The van der Waals surface area contributed by atoms with Crippen LogP contribution in [0.5, 0.6) is 0 Å². The predicted molar refractivity (Wildman–Crippen MR) is 213 cm³/mol. The molecule has 0 bridgehead atoms. The number of carbonyl (C=O) groups is 1. The fraction of sp³-hybridized carbons (Fsp3) is 0.841. The van der Waals surface area contributed by atoms with E-state index in [1.807, 2.05) is 26.8 Å². The van der Waals surface area contributed by atoms with E-state index in [1.165, 1.54) is 6.92 Å². The third kappa shape index (κ3) is 11.6. The summed E-state index contributed by atoms with van der Waals surface area (Å²) in [6, 6.07) is 0. The molecule has 0 aromatic rings. The molecule has 58 heavy (non-hydrogen) atoms. The van der Waals surface area contributed by atoms with Gasteiger partial charge in [-0.1, -0.05) is 45.1 Å². The molecule has 0 aromatic heterocycles. The Morgan fingerprint density at radius 2 is 1.76 bits per heavy atom. The Balaban J connectivity index is 1.08. The lowest BCUT2D eigenvalue weighted by atomic mass is 9.80. The Hall–Kier alpha value is -1.79. The van der Waals surface area contributed by atoms with E-state index in [1.54, 1.807) is 12.2 Å². The molecule has 0 saturated carbocycles. The average Bonchev–Trinajstić information content (AvgIpc) is 3.17. The van der Waals surface area contributed by atoms with Gasteiger partial charge < -0.3 is 64.5 Å². The van der Waals surface area contributed by atoms with E-state index >= 15 is 0 Å². The number of carboxylic acid groups (broad SMARTS) is 1. The third-order valence-corrected chi connectivity index (χ3v) is 13.3. The molecule has 8 N–H and O–H groups in total. The van der Waals surface area contributed by atoms with Crippen LogP contribution in [0.15, 0.2) is 36.0 Å². The zero-order valence-corrected chi connectivity index (χ0v) is 35.2. The molecule has 332 valence electrons. The van der Waals surface area contributed by atoms with Crippen LogP contribution in [0.3, 0.4) is 0 Å². The molecule has 4 saturated heterocycles. The summed E-state index contributed by atoms with van der Waals surface area (Å²) in [5.41, 5.74) is -0.848. The molecule has 14 nitrogen and oxygen atoms in total. The van der Waals surface area contributed by atoms with Crippen molar-refractivity contribution >= 4 is 5.97 Å². The van der Waals surface area contributed by atoms with Crippen LogP contribution >= 0.6 is 0 Å². The van der Waals surface area contributed by atoms with Gasteiger partial charge in [0.2, 0.25) is 5.79 Å². The average molecular weight is 825 g/mol. The van der Waals surface area contributed by atoms with Crippen LogP contribution in [-0.2, 0) is 28.5 Å². The van der Waals surface area contributed by atoms with Gasteiger partial charge in [-0.2, -0.15) is 0 Å². The molecule has 4 fully saturated rings. The maximum Gasteiger partial charge on any atom is 0.335 e. The van der Waals surface area contributed by atoms with Crippen molar-refractivity contribution in [3.63, 3.8) is 0 Å². The molecule has 2 spiro atoms. The highest BCUT2D eigenvalue weighted by molar-refractivity contribution is 5.76. The first-order valence-corrected chi connectivity index (χ1v) is 21.7. The van der Waals surface area contributed by atoms with Crippen LogP contribution in [0.25, 0.3) is 0 Å². The SMILES string of the molecule is C=C1[C@@H](O)[C@H](O)[C@@H](CC[C@@H](O)CC[C@H](O)C=C[C@@H](C)[C@@H]2CC(C)=C[C@@]3(O[C@H](C[C@@](C)(O)C(=O)O)CC[C@H]3O)O2)O[C@@H]1[C@@H](O)C[C@H](C)[C@H]1O[C@@]2(CCCCO2)CC[C@H]1C. The Morgan fingerprint density at radius 1 is 1.02 bits per heavy atom. The van der Waals surface area contributed by atoms with Gasteiger partial charge in [0.15, 0.2) is 11.4 Å². The van der Waals surface area contributed by atoms with Gasteiger partial charge >= 0.3 is 5.97 Å². The topological polar surface area (TPSA) is 225 Å². The van der Waals surface area contributed by atoms with Crippen molar-refractivity contribution in [2.45, 2.75) is 209 Å². The fourth-order valence-corrected chi connectivity index (χ4v) is 9.56. The molecule has 5 aliphatic rings. The molecule has 0 aliphatic carbocycles. The maximum atomic E-state index is 11.5. The van der Waals surface area contributed by atoms with Crippen molar-refractivity contribution in [2.24, 2.45) is 17.8 Å². The normalized spacial score (nSPS) is 39.8. The number of rotatable bonds is 16. The van der Waals surface area contributed by atoms with Crippen LogP contribution in [0.1, 0.15) is 125 Å². The van der Waals surface area contributed by atoms with E-state index in [2.05, 4.69) is 13.5 Å². The molecule has 17 atom stereocenters. The Morgan fingerprint density at radius 3 is 2.45 bits per heavy atom. The first-order chi connectivity index (χ1) is 27.2. The molecule has 5 rings (SSSR count). The van der Waals surface area contributed by atoms with Crippen molar-refractivity contribution in [1.29, 1.82) is 0 Å². The van der Waals surface area contributed by atoms with Crippen LogP contribution in [0, 0.1) is 17.8 Å². The summed E-state index contributed by atoms with van der Waals surface area (Å²) in [5, 5.41) is 85.5. The molecule has 0 aromatic carbocycles. The van der Waals surface area contributed by atoms with E-state index in [0.29, 0.717) is 32.3 Å². The van der Waals surface area contributed by atoms with E-state index in [4.69, 9.17) is 23.7 Å². The highest BCUT2D eigenvalue weighted by atomic mass is 16.7. The first-order valence-electron chi connectivity index (χ1n) is 21.7. The number of hydrogen-bond acceptors (Lipinski definition) is 13. The molecule has 0 radical (unpaired) electrons. The van der Waals surface area contributed by atoms with E-state index in [9.17, 15) is 45.6 Å². The number of hydrogen-bond donors (Lipinski definition) is 8. The second-order valence-electron chi connectivity index (χ2n) is 18.5. The highest BCUT2D eigenvalue weighted by Crippen LogP contribution is 2.44. The van der Waals surface area contributed by atoms with E-state index in [-0.39, 0.29) is 61.5 Å². The van der Waals surface area contributed by atoms with Gasteiger partial charge in [-0.05, 0) is 108 Å². The van der Waals surface area contributed by atoms with Crippen molar-refractivity contribution < 1.29 is 69.3 Å². The molecule has 14 heteroatoms. The minimum Gasteiger partial charge on any atom is -0.479 e. The Labute approximate surface area is 343 Å². The molecule has 5 aliphatic heterocycles. The first kappa shape index (κ1) is 47.3. The molecule has 0 unspecified atom stereocenters. The lowest BCUT2D eigenvalue weighted by Crippen LogP contribution is -2.57. The van der Waals surface area contributed by atoms with Gasteiger partial charge in [0, 0.05) is 25.2 Å². The van der Waals surface area contributed by atoms with Gasteiger partial charge in [0.25, 0.3) is 0 Å². The lowest BCUT2D eigenvalue weighted by Gasteiger charge is -2.48. The quantitative estimate of drug-likeness (QED) is 0.104. The summed E-state index contributed by atoms with van der Waals surface area (Å²) in [6.07, 6.45) is 3.20. The minimum atomic E-state index is -1.99. The van der Waals surface area contributed by atoms with Gasteiger partial charge in [0.05, 0.1) is 49.3 Å². The fourth-order valence-electron chi connectivity index (χ4n) is 9.56. The van der Waals surface area contributed by atoms with Crippen molar-refractivity contribution in [1.82, 2.24) is 0 Å². The van der Waals surface area contributed by atoms with Gasteiger partial charge in [-0.25, -0.2) is 4.79 Å². The number of aliphatic carboxylic acids is 1. The molecule has 5 heterocycles. The standard InChI is InChI=1S/C44H72O14/c1-25-21-35(57-44(23-25)36(48)16-14-32(56-44)24-42(6,53)41(51)52)26(2)9-10-30(45)11-12-31(46)13-15-34-38(50)37(49)29(5)40(55-34)33(47)22-28(4)39-27(3)17-19-43(58-39)18-7-8-20-54-43/h9-10,23,26-28,30-40,45-50,53H,5,7-8,11-22,24H2,1-4,6H3,(H,51,52)/t26-,27-,28+,30-,31+,32+,33+,34-,35+,36-,37-,38-,39+,40+,42-,43+,44-/m1/s1. The number of aliphatic hydroxyl groups is 7. The molecule has 0 amide bonds. The zero-order chi connectivity index (χ0) is 42.6. The second-order valence-corrected chi connectivity index (χ2v) is 18.5. The van der Waals surface area contributed by atoms with E-state index in [0.717, 1.165) is 37.7 Å². The maximum absolute atomic E-state index is 11.5. The monoisotopic (exact) mass is 824 g/mol. The second kappa shape index (κ2) is 19.9. The number of carboxylic acids is 1. The van der Waals surface area contributed by atoms with Crippen LogP contribution in [0.4, 0.5) is 0 Å². The number of ether oxygens (including phenoxy) is 5. The van der Waals surface area contributed by atoms with Crippen LogP contribution in [0.2, 0.25) is 0 Å².